The van der Waals surface area contributed by atoms with E-state index in [1.165, 1.54) is 25.7 Å². The molecule has 1 aliphatic rings. The second-order valence-corrected chi connectivity index (χ2v) is 4.99. The SMILES string of the molecule is CCCC1CCN(c2ccc(Cl)cn2)CC1. The van der Waals surface area contributed by atoms with Crippen molar-refractivity contribution < 1.29 is 0 Å². The summed E-state index contributed by atoms with van der Waals surface area (Å²) in [5.41, 5.74) is 0. The van der Waals surface area contributed by atoms with Gasteiger partial charge in [0, 0.05) is 19.3 Å². The zero-order valence-electron chi connectivity index (χ0n) is 9.82. The normalized spacial score (nSPS) is 17.8. The number of pyridine rings is 1. The summed E-state index contributed by atoms with van der Waals surface area (Å²) in [6.07, 6.45) is 7.02. The van der Waals surface area contributed by atoms with Gasteiger partial charge in [-0.1, -0.05) is 31.4 Å². The van der Waals surface area contributed by atoms with Gasteiger partial charge in [-0.25, -0.2) is 4.98 Å². The molecule has 1 aromatic rings. The van der Waals surface area contributed by atoms with Crippen LogP contribution < -0.4 is 4.90 Å². The lowest BCUT2D eigenvalue weighted by Crippen LogP contribution is -2.34. The standard InChI is InChI=1S/C13H19ClN2/c1-2-3-11-6-8-16(9-7-11)13-5-4-12(14)10-15-13/h4-5,10-11H,2-3,6-9H2,1H3. The maximum atomic E-state index is 5.83. The Morgan fingerprint density at radius 3 is 2.69 bits per heavy atom. The van der Waals surface area contributed by atoms with E-state index in [1.807, 2.05) is 12.1 Å². The van der Waals surface area contributed by atoms with Crippen molar-refractivity contribution in [2.45, 2.75) is 32.6 Å². The van der Waals surface area contributed by atoms with Crippen LogP contribution in [0.2, 0.25) is 5.02 Å². The van der Waals surface area contributed by atoms with E-state index < -0.39 is 0 Å². The van der Waals surface area contributed by atoms with Crippen LogP contribution >= 0.6 is 11.6 Å². The number of aromatic nitrogens is 1. The van der Waals surface area contributed by atoms with Crippen molar-refractivity contribution in [3.63, 3.8) is 0 Å². The fourth-order valence-electron chi connectivity index (χ4n) is 2.41. The van der Waals surface area contributed by atoms with Crippen LogP contribution in [0.15, 0.2) is 18.3 Å². The summed E-state index contributed by atoms with van der Waals surface area (Å²) < 4.78 is 0. The molecule has 0 spiro atoms. The summed E-state index contributed by atoms with van der Waals surface area (Å²) in [5.74, 6) is 1.99. The molecule has 0 N–H and O–H groups in total. The first-order valence-corrected chi connectivity index (χ1v) is 6.54. The third-order valence-electron chi connectivity index (χ3n) is 3.35. The van der Waals surface area contributed by atoms with Gasteiger partial charge in [-0.15, -0.1) is 0 Å². The van der Waals surface area contributed by atoms with Gasteiger partial charge in [-0.2, -0.15) is 0 Å². The lowest BCUT2D eigenvalue weighted by Gasteiger charge is -2.32. The Labute approximate surface area is 103 Å². The summed E-state index contributed by atoms with van der Waals surface area (Å²) in [7, 11) is 0. The van der Waals surface area contributed by atoms with Gasteiger partial charge in [0.05, 0.1) is 5.02 Å². The van der Waals surface area contributed by atoms with E-state index in [1.54, 1.807) is 6.20 Å². The first-order chi connectivity index (χ1) is 7.79. The Hall–Kier alpha value is -0.760. The van der Waals surface area contributed by atoms with Crippen LogP contribution in [0, 0.1) is 5.92 Å². The van der Waals surface area contributed by atoms with E-state index in [0.29, 0.717) is 5.02 Å². The smallest absolute Gasteiger partial charge is 0.128 e. The fourth-order valence-corrected chi connectivity index (χ4v) is 2.53. The first kappa shape index (κ1) is 11.7. The number of piperidine rings is 1. The van der Waals surface area contributed by atoms with Gasteiger partial charge in [-0.3, -0.25) is 0 Å². The number of anilines is 1. The molecule has 0 unspecified atom stereocenters. The third kappa shape index (κ3) is 2.88. The summed E-state index contributed by atoms with van der Waals surface area (Å²) >= 11 is 5.83. The highest BCUT2D eigenvalue weighted by Gasteiger charge is 2.19. The van der Waals surface area contributed by atoms with Crippen molar-refractivity contribution in [2.75, 3.05) is 18.0 Å². The molecular formula is C13H19ClN2. The molecule has 1 aromatic heterocycles. The van der Waals surface area contributed by atoms with Gasteiger partial charge in [0.1, 0.15) is 5.82 Å². The third-order valence-corrected chi connectivity index (χ3v) is 3.57. The molecule has 1 aliphatic heterocycles. The molecule has 2 nitrogen and oxygen atoms in total. The minimum absolute atomic E-state index is 0.713. The van der Waals surface area contributed by atoms with E-state index in [0.717, 1.165) is 24.8 Å². The molecule has 0 saturated carbocycles. The van der Waals surface area contributed by atoms with E-state index in [2.05, 4.69) is 16.8 Å². The van der Waals surface area contributed by atoms with Gasteiger partial charge in [0.2, 0.25) is 0 Å². The molecule has 0 aliphatic carbocycles. The van der Waals surface area contributed by atoms with Crippen LogP contribution in [-0.2, 0) is 0 Å². The Balaban J connectivity index is 1.91. The zero-order chi connectivity index (χ0) is 11.4. The predicted octanol–water partition coefficient (Wildman–Crippen LogP) is 3.75. The van der Waals surface area contributed by atoms with Crippen molar-refractivity contribution in [1.29, 1.82) is 0 Å². The van der Waals surface area contributed by atoms with Gasteiger partial charge in [-0.05, 0) is 30.9 Å². The lowest BCUT2D eigenvalue weighted by molar-refractivity contribution is 0.377. The zero-order valence-corrected chi connectivity index (χ0v) is 10.6. The van der Waals surface area contributed by atoms with E-state index in [4.69, 9.17) is 11.6 Å². The minimum atomic E-state index is 0.713. The van der Waals surface area contributed by atoms with Crippen LogP contribution in [0.5, 0.6) is 0 Å². The van der Waals surface area contributed by atoms with Crippen LogP contribution in [0.25, 0.3) is 0 Å². The average molecular weight is 239 g/mol. The molecule has 88 valence electrons. The van der Waals surface area contributed by atoms with Crippen LogP contribution in [-0.4, -0.2) is 18.1 Å². The average Bonchev–Trinajstić information content (AvgIpc) is 2.32. The lowest BCUT2D eigenvalue weighted by atomic mass is 9.92. The Morgan fingerprint density at radius 1 is 1.38 bits per heavy atom. The molecular weight excluding hydrogens is 220 g/mol. The van der Waals surface area contributed by atoms with E-state index in [-0.39, 0.29) is 0 Å². The predicted molar refractivity (Wildman–Crippen MR) is 69.1 cm³/mol. The second-order valence-electron chi connectivity index (χ2n) is 4.55. The van der Waals surface area contributed by atoms with E-state index >= 15 is 0 Å². The molecule has 2 rings (SSSR count). The Kier molecular flexibility index (Phi) is 4.05. The topological polar surface area (TPSA) is 16.1 Å². The molecule has 3 heteroatoms. The van der Waals surface area contributed by atoms with Gasteiger partial charge >= 0.3 is 0 Å². The number of halogens is 1. The van der Waals surface area contributed by atoms with Crippen LogP contribution in [0.4, 0.5) is 5.82 Å². The van der Waals surface area contributed by atoms with Crippen LogP contribution in [0.3, 0.4) is 0 Å². The maximum absolute atomic E-state index is 5.83. The molecule has 1 saturated heterocycles. The summed E-state index contributed by atoms with van der Waals surface area (Å²) in [6, 6.07) is 3.94. The van der Waals surface area contributed by atoms with Gasteiger partial charge < -0.3 is 4.90 Å². The molecule has 2 heterocycles. The van der Waals surface area contributed by atoms with E-state index in [9.17, 15) is 0 Å². The number of nitrogens with zero attached hydrogens (tertiary/aromatic N) is 2. The van der Waals surface area contributed by atoms with Crippen molar-refractivity contribution in [1.82, 2.24) is 4.98 Å². The molecule has 1 fully saturated rings. The summed E-state index contributed by atoms with van der Waals surface area (Å²) in [4.78, 5) is 6.73. The van der Waals surface area contributed by atoms with Gasteiger partial charge in [0.15, 0.2) is 0 Å². The molecule has 0 bridgehead atoms. The highest BCUT2D eigenvalue weighted by Crippen LogP contribution is 2.25. The Bertz CT molecular complexity index is 315. The molecule has 0 aromatic carbocycles. The summed E-state index contributed by atoms with van der Waals surface area (Å²) in [6.45, 7) is 4.55. The molecule has 0 atom stereocenters. The van der Waals surface area contributed by atoms with Gasteiger partial charge in [0.25, 0.3) is 0 Å². The number of rotatable bonds is 3. The quantitative estimate of drug-likeness (QED) is 0.797. The molecule has 0 amide bonds. The second kappa shape index (κ2) is 5.53. The maximum Gasteiger partial charge on any atom is 0.128 e. The highest BCUT2D eigenvalue weighted by molar-refractivity contribution is 6.30. The first-order valence-electron chi connectivity index (χ1n) is 6.16. The Morgan fingerprint density at radius 2 is 2.12 bits per heavy atom. The van der Waals surface area contributed by atoms with Crippen molar-refractivity contribution in [3.8, 4) is 0 Å². The van der Waals surface area contributed by atoms with Crippen molar-refractivity contribution in [3.05, 3.63) is 23.4 Å². The largest absolute Gasteiger partial charge is 0.357 e. The molecule has 0 radical (unpaired) electrons. The highest BCUT2D eigenvalue weighted by atomic mass is 35.5. The monoisotopic (exact) mass is 238 g/mol. The fraction of sp³-hybridized carbons (Fsp3) is 0.615. The number of hydrogen-bond acceptors (Lipinski definition) is 2. The summed E-state index contributed by atoms with van der Waals surface area (Å²) in [5, 5.41) is 0.713. The number of hydrogen-bond donors (Lipinski definition) is 0. The molecule has 16 heavy (non-hydrogen) atoms. The van der Waals surface area contributed by atoms with Crippen molar-refractivity contribution in [2.24, 2.45) is 5.92 Å². The van der Waals surface area contributed by atoms with Crippen LogP contribution in [0.1, 0.15) is 32.6 Å². The minimum Gasteiger partial charge on any atom is -0.357 e. The van der Waals surface area contributed by atoms with Crippen molar-refractivity contribution >= 4 is 17.4 Å².